The van der Waals surface area contributed by atoms with Crippen LogP contribution >= 0.6 is 11.8 Å². The summed E-state index contributed by atoms with van der Waals surface area (Å²) in [6.07, 6.45) is 4.81. The molecule has 5 rings (SSSR count). The summed E-state index contributed by atoms with van der Waals surface area (Å²) in [6, 6.07) is 5.34. The Balaban J connectivity index is 1.36. The van der Waals surface area contributed by atoms with Crippen LogP contribution in [0.4, 0.5) is 16.4 Å². The summed E-state index contributed by atoms with van der Waals surface area (Å²) in [5.74, 6) is 2.73. The summed E-state index contributed by atoms with van der Waals surface area (Å²) in [5, 5.41) is 12.6. The van der Waals surface area contributed by atoms with Crippen LogP contribution in [0.3, 0.4) is 0 Å². The molecular formula is C27H28N6O5S. The van der Waals surface area contributed by atoms with E-state index in [2.05, 4.69) is 21.4 Å². The second kappa shape index (κ2) is 12.0. The van der Waals surface area contributed by atoms with Crippen molar-refractivity contribution in [2.24, 2.45) is 0 Å². The Morgan fingerprint density at radius 3 is 2.95 bits per heavy atom. The zero-order valence-corrected chi connectivity index (χ0v) is 22.3. The largest absolute Gasteiger partial charge is 0.380 e. The van der Waals surface area contributed by atoms with E-state index in [1.807, 2.05) is 16.9 Å². The number of hydrogen-bond donors (Lipinski definition) is 1. The molecule has 39 heavy (non-hydrogen) atoms. The first-order chi connectivity index (χ1) is 19.0. The molecule has 3 aliphatic heterocycles. The number of amides is 2. The number of pyridine rings is 2. The van der Waals surface area contributed by atoms with Gasteiger partial charge in [0.2, 0.25) is 0 Å². The van der Waals surface area contributed by atoms with Crippen molar-refractivity contribution < 1.29 is 23.9 Å². The van der Waals surface area contributed by atoms with Crippen LogP contribution < -0.4 is 10.2 Å². The van der Waals surface area contributed by atoms with Gasteiger partial charge in [0.15, 0.2) is 6.29 Å². The summed E-state index contributed by atoms with van der Waals surface area (Å²) in [4.78, 5) is 49.8. The van der Waals surface area contributed by atoms with E-state index in [0.717, 1.165) is 23.3 Å². The lowest BCUT2D eigenvalue weighted by Crippen LogP contribution is -2.40. The van der Waals surface area contributed by atoms with E-state index in [0.29, 0.717) is 80.4 Å². The van der Waals surface area contributed by atoms with E-state index in [1.54, 1.807) is 24.9 Å². The maximum Gasteiger partial charge on any atom is 0.328 e. The van der Waals surface area contributed by atoms with Gasteiger partial charge >= 0.3 is 6.03 Å². The van der Waals surface area contributed by atoms with E-state index < -0.39 is 6.03 Å². The molecule has 0 unspecified atom stereocenters. The molecule has 2 aromatic rings. The molecule has 0 radical (unpaired) electrons. The number of aryl methyl sites for hydroxylation is 1. The second-order valence-electron chi connectivity index (χ2n) is 9.52. The fourth-order valence-electron chi connectivity index (χ4n) is 5.10. The predicted molar refractivity (Wildman–Crippen MR) is 143 cm³/mol. The monoisotopic (exact) mass is 548 g/mol. The van der Waals surface area contributed by atoms with Gasteiger partial charge in [0.1, 0.15) is 41.1 Å². The number of anilines is 2. The molecule has 0 aliphatic carbocycles. The Kier molecular flexibility index (Phi) is 8.24. The molecule has 2 fully saturated rings. The standard InChI is InChI=1S/C27H28N6O5S/c1-37-23-4-7-32(22(23)15-35)13-18-9-17-3-2-6-33(26(17)30-21(18)14-34)27(36)31-25-10-24(19(11-28)12-29-25)39-20-5-8-38-16-20/h9-10,12,14,20,23H,2-8,13,16H2,1H3,(H,29,31,36)/t20-,23-/m0/s1. The molecule has 0 bridgehead atoms. The third-order valence-corrected chi connectivity index (χ3v) is 8.39. The number of fused-ring (bicyclic) bond motifs is 1. The van der Waals surface area contributed by atoms with Gasteiger partial charge in [0.05, 0.1) is 12.2 Å². The number of nitrogens with zero attached hydrogens (tertiary/aromatic N) is 5. The van der Waals surface area contributed by atoms with Crippen molar-refractivity contribution in [2.75, 3.05) is 43.6 Å². The zero-order chi connectivity index (χ0) is 27.4. The molecule has 2 aromatic heterocycles. The lowest BCUT2D eigenvalue weighted by molar-refractivity contribution is 0.111. The number of aromatic nitrogens is 2. The molecule has 12 heteroatoms. The number of thioether (sulfide) groups is 1. The normalized spacial score (nSPS) is 20.4. The maximum atomic E-state index is 13.3. The van der Waals surface area contributed by atoms with Crippen molar-refractivity contribution in [3.05, 3.63) is 46.4 Å². The van der Waals surface area contributed by atoms with Crippen LogP contribution in [0.2, 0.25) is 0 Å². The average molecular weight is 549 g/mol. The molecule has 2 amide bonds. The van der Waals surface area contributed by atoms with Crippen molar-refractivity contribution >= 4 is 41.7 Å². The Morgan fingerprint density at radius 1 is 1.36 bits per heavy atom. The van der Waals surface area contributed by atoms with Crippen LogP contribution in [0.5, 0.6) is 0 Å². The lowest BCUT2D eigenvalue weighted by atomic mass is 10.0. The van der Waals surface area contributed by atoms with Crippen LogP contribution in [0.1, 0.15) is 46.4 Å². The molecule has 1 N–H and O–H groups in total. The summed E-state index contributed by atoms with van der Waals surface area (Å²) in [6.45, 7) is 2.68. The number of nitrogens with one attached hydrogen (secondary N) is 1. The van der Waals surface area contributed by atoms with Gasteiger partial charge in [0.25, 0.3) is 0 Å². The van der Waals surface area contributed by atoms with E-state index in [9.17, 15) is 19.6 Å². The van der Waals surface area contributed by atoms with Gasteiger partial charge in [-0.3, -0.25) is 15.0 Å². The molecule has 0 aromatic carbocycles. The number of nitriles is 1. The number of rotatable bonds is 7. The van der Waals surface area contributed by atoms with Crippen LogP contribution in [0, 0.1) is 11.3 Å². The SMILES string of the molecule is CO[C@H]1CCN(Cc2cc3c(nc2C=O)N(C(=O)Nc2cc(S[C@H]4CCOC4)c(C#N)cn2)CCC3)C1=C=O. The van der Waals surface area contributed by atoms with Gasteiger partial charge < -0.3 is 14.4 Å². The van der Waals surface area contributed by atoms with Crippen molar-refractivity contribution in [3.63, 3.8) is 0 Å². The fraction of sp³-hybridized carbons (Fsp3) is 0.444. The third kappa shape index (κ3) is 5.67. The molecule has 2 saturated heterocycles. The number of carbonyl (C=O) groups is 2. The van der Waals surface area contributed by atoms with E-state index in [1.165, 1.54) is 11.1 Å². The summed E-state index contributed by atoms with van der Waals surface area (Å²) in [5.41, 5.74) is 2.62. The minimum atomic E-state index is -0.418. The Hall–Kier alpha value is -3.75. The number of aldehydes is 1. The number of methoxy groups -OCH3 is 1. The molecule has 202 valence electrons. The van der Waals surface area contributed by atoms with Gasteiger partial charge in [-0.15, -0.1) is 11.8 Å². The fourth-order valence-corrected chi connectivity index (χ4v) is 6.24. The van der Waals surface area contributed by atoms with Crippen molar-refractivity contribution in [3.8, 4) is 6.07 Å². The second-order valence-corrected chi connectivity index (χ2v) is 10.9. The van der Waals surface area contributed by atoms with Crippen molar-refractivity contribution in [1.82, 2.24) is 14.9 Å². The molecule has 11 nitrogen and oxygen atoms in total. The van der Waals surface area contributed by atoms with Crippen LogP contribution in [-0.2, 0) is 27.2 Å². The summed E-state index contributed by atoms with van der Waals surface area (Å²) in [7, 11) is 1.56. The van der Waals surface area contributed by atoms with Gasteiger partial charge in [0, 0.05) is 55.3 Å². The van der Waals surface area contributed by atoms with Crippen molar-refractivity contribution in [1.29, 1.82) is 5.26 Å². The number of ether oxygens (including phenoxy) is 2. The molecule has 5 heterocycles. The number of carbonyl (C=O) groups excluding carboxylic acids is 3. The summed E-state index contributed by atoms with van der Waals surface area (Å²) >= 11 is 1.55. The summed E-state index contributed by atoms with van der Waals surface area (Å²) < 4.78 is 10.8. The lowest BCUT2D eigenvalue weighted by Gasteiger charge is -2.29. The molecule has 0 spiro atoms. The minimum Gasteiger partial charge on any atom is -0.380 e. The molecular weight excluding hydrogens is 520 g/mol. The van der Waals surface area contributed by atoms with Gasteiger partial charge in [-0.1, -0.05) is 0 Å². The van der Waals surface area contributed by atoms with Gasteiger partial charge in [-0.25, -0.2) is 19.6 Å². The Labute approximate surface area is 230 Å². The minimum absolute atomic E-state index is 0.216. The van der Waals surface area contributed by atoms with Crippen LogP contribution in [0.15, 0.2) is 28.9 Å². The van der Waals surface area contributed by atoms with E-state index in [4.69, 9.17) is 9.47 Å². The highest BCUT2D eigenvalue weighted by atomic mass is 32.2. The maximum absolute atomic E-state index is 13.3. The quantitative estimate of drug-likeness (QED) is 0.406. The molecule has 2 atom stereocenters. The zero-order valence-electron chi connectivity index (χ0n) is 21.5. The smallest absolute Gasteiger partial charge is 0.328 e. The predicted octanol–water partition coefficient (Wildman–Crippen LogP) is 2.96. The molecule has 3 aliphatic rings. The highest BCUT2D eigenvalue weighted by molar-refractivity contribution is 8.00. The topological polar surface area (TPSA) is 138 Å². The Morgan fingerprint density at radius 2 is 2.23 bits per heavy atom. The Bertz CT molecular complexity index is 1370. The number of likely N-dealkylation sites (tertiary alicyclic amines) is 1. The molecule has 0 saturated carbocycles. The first kappa shape index (κ1) is 26.8. The third-order valence-electron chi connectivity index (χ3n) is 7.09. The van der Waals surface area contributed by atoms with Crippen LogP contribution in [-0.4, -0.2) is 77.9 Å². The van der Waals surface area contributed by atoms with Crippen LogP contribution in [0.25, 0.3) is 0 Å². The van der Waals surface area contributed by atoms with Gasteiger partial charge in [-0.2, -0.15) is 5.26 Å². The van der Waals surface area contributed by atoms with Crippen molar-refractivity contribution in [2.45, 2.75) is 48.5 Å². The number of hydrogen-bond acceptors (Lipinski definition) is 10. The average Bonchev–Trinajstić information content (AvgIpc) is 3.61. The van der Waals surface area contributed by atoms with Gasteiger partial charge in [-0.05, 0) is 43.4 Å². The first-order valence-electron chi connectivity index (χ1n) is 12.8. The first-order valence-corrected chi connectivity index (χ1v) is 13.7. The highest BCUT2D eigenvalue weighted by Gasteiger charge is 2.31. The highest BCUT2D eigenvalue weighted by Crippen LogP contribution is 2.33. The van der Waals surface area contributed by atoms with E-state index in [-0.39, 0.29) is 17.0 Å². The number of urea groups is 1. The van der Waals surface area contributed by atoms with E-state index >= 15 is 0 Å².